The molecule has 1 aromatic carbocycles. The van der Waals surface area contributed by atoms with Crippen molar-refractivity contribution in [3.05, 3.63) is 34.4 Å². The predicted molar refractivity (Wildman–Crippen MR) is 69.9 cm³/mol. The fraction of sp³-hybridized carbons (Fsp3) is 0.167. The fourth-order valence-corrected chi connectivity index (χ4v) is 2.04. The van der Waals surface area contributed by atoms with E-state index in [1.807, 2.05) is 12.1 Å². The highest BCUT2D eigenvalue weighted by molar-refractivity contribution is 9.10. The summed E-state index contributed by atoms with van der Waals surface area (Å²) in [7, 11) is 3.16. The van der Waals surface area contributed by atoms with Crippen molar-refractivity contribution in [1.82, 2.24) is 9.78 Å². The number of ether oxygens (including phenoxy) is 1. The number of aromatic carboxylic acids is 1. The van der Waals surface area contributed by atoms with Gasteiger partial charge in [-0.25, -0.2) is 4.79 Å². The summed E-state index contributed by atoms with van der Waals surface area (Å²) in [5, 5.41) is 13.2. The van der Waals surface area contributed by atoms with Crippen LogP contribution in [0.15, 0.2) is 28.7 Å². The Morgan fingerprint density at radius 2 is 2.17 bits per heavy atom. The van der Waals surface area contributed by atoms with Crippen LogP contribution >= 0.6 is 15.9 Å². The summed E-state index contributed by atoms with van der Waals surface area (Å²) in [5.74, 6) is -0.363. The molecule has 0 amide bonds. The Balaban J connectivity index is 2.58. The van der Waals surface area contributed by atoms with Crippen molar-refractivity contribution in [2.24, 2.45) is 7.05 Å². The van der Waals surface area contributed by atoms with E-state index in [4.69, 9.17) is 9.84 Å². The number of halogens is 1. The lowest BCUT2D eigenvalue weighted by Gasteiger charge is -2.06. The quantitative estimate of drug-likeness (QED) is 0.946. The Kier molecular flexibility index (Phi) is 3.38. The van der Waals surface area contributed by atoms with Gasteiger partial charge in [-0.1, -0.05) is 15.9 Å². The largest absolute Gasteiger partial charge is 0.496 e. The topological polar surface area (TPSA) is 64.3 Å². The number of hydrogen-bond acceptors (Lipinski definition) is 3. The lowest BCUT2D eigenvalue weighted by atomic mass is 10.1. The highest BCUT2D eigenvalue weighted by Gasteiger charge is 2.15. The molecule has 0 spiro atoms. The van der Waals surface area contributed by atoms with Gasteiger partial charge < -0.3 is 9.84 Å². The number of hydrogen-bond donors (Lipinski definition) is 1. The molecule has 0 unspecified atom stereocenters. The zero-order valence-electron chi connectivity index (χ0n) is 9.85. The van der Waals surface area contributed by atoms with Crippen molar-refractivity contribution in [1.29, 1.82) is 0 Å². The summed E-state index contributed by atoms with van der Waals surface area (Å²) in [6.45, 7) is 0. The number of aryl methyl sites for hydroxylation is 1. The lowest BCUT2D eigenvalue weighted by Crippen LogP contribution is -2.04. The molecule has 0 aliphatic heterocycles. The molecule has 0 aliphatic carbocycles. The maximum absolute atomic E-state index is 11.0. The summed E-state index contributed by atoms with van der Waals surface area (Å²) in [4.78, 5) is 11.0. The molecule has 18 heavy (non-hydrogen) atoms. The summed E-state index contributed by atoms with van der Waals surface area (Å²) >= 11 is 3.37. The average Bonchev–Trinajstić information content (AvgIpc) is 2.71. The number of rotatable bonds is 3. The zero-order valence-corrected chi connectivity index (χ0v) is 11.4. The second-order valence-electron chi connectivity index (χ2n) is 3.69. The number of carboxylic acid groups (broad SMARTS) is 1. The average molecular weight is 311 g/mol. The van der Waals surface area contributed by atoms with Crippen molar-refractivity contribution in [2.75, 3.05) is 7.11 Å². The van der Waals surface area contributed by atoms with Crippen LogP contribution < -0.4 is 4.74 Å². The molecular formula is C12H11BrN2O3. The molecule has 2 rings (SSSR count). The highest BCUT2D eigenvalue weighted by Crippen LogP contribution is 2.32. The third-order valence-electron chi connectivity index (χ3n) is 2.54. The maximum Gasteiger partial charge on any atom is 0.354 e. The van der Waals surface area contributed by atoms with Crippen LogP contribution in [0, 0.1) is 0 Å². The first kappa shape index (κ1) is 12.6. The van der Waals surface area contributed by atoms with Crippen LogP contribution in [0.2, 0.25) is 0 Å². The van der Waals surface area contributed by atoms with Gasteiger partial charge in [-0.2, -0.15) is 5.10 Å². The zero-order chi connectivity index (χ0) is 13.3. The lowest BCUT2D eigenvalue weighted by molar-refractivity contribution is 0.0685. The second kappa shape index (κ2) is 4.81. The molecule has 0 aliphatic rings. The van der Waals surface area contributed by atoms with E-state index in [0.717, 1.165) is 10.0 Å². The van der Waals surface area contributed by atoms with E-state index in [1.165, 1.54) is 10.7 Å². The van der Waals surface area contributed by atoms with Crippen LogP contribution in [0.3, 0.4) is 0 Å². The van der Waals surface area contributed by atoms with Crippen molar-refractivity contribution in [2.45, 2.75) is 0 Å². The third-order valence-corrected chi connectivity index (χ3v) is 3.03. The molecule has 1 heterocycles. The number of aromatic nitrogens is 2. The molecule has 94 valence electrons. The summed E-state index contributed by atoms with van der Waals surface area (Å²) in [6.07, 6.45) is 0. The molecule has 0 fully saturated rings. The SMILES string of the molecule is COc1ccc(Br)cc1-c1cc(C(=O)O)n(C)n1. The number of carboxylic acids is 1. The molecule has 2 aromatic rings. The number of carbonyl (C=O) groups is 1. The normalized spacial score (nSPS) is 10.4. The van der Waals surface area contributed by atoms with Gasteiger partial charge in [0.2, 0.25) is 0 Å². The van der Waals surface area contributed by atoms with Crippen molar-refractivity contribution >= 4 is 21.9 Å². The fourth-order valence-electron chi connectivity index (χ4n) is 1.68. The first-order chi connectivity index (χ1) is 8.52. The molecular weight excluding hydrogens is 300 g/mol. The van der Waals surface area contributed by atoms with Gasteiger partial charge in [0.15, 0.2) is 0 Å². The van der Waals surface area contributed by atoms with Gasteiger partial charge in [-0.05, 0) is 24.3 Å². The van der Waals surface area contributed by atoms with E-state index < -0.39 is 5.97 Å². The first-order valence-electron chi connectivity index (χ1n) is 5.14. The Morgan fingerprint density at radius 3 is 2.72 bits per heavy atom. The number of nitrogens with zero attached hydrogens (tertiary/aromatic N) is 2. The minimum absolute atomic E-state index is 0.132. The van der Waals surface area contributed by atoms with Crippen LogP contribution in [0.25, 0.3) is 11.3 Å². The van der Waals surface area contributed by atoms with E-state index in [9.17, 15) is 4.79 Å². The Hall–Kier alpha value is -1.82. The molecule has 5 nitrogen and oxygen atoms in total. The van der Waals surface area contributed by atoms with E-state index in [-0.39, 0.29) is 5.69 Å². The van der Waals surface area contributed by atoms with E-state index in [0.29, 0.717) is 11.4 Å². The Labute approximate surface area is 112 Å². The first-order valence-corrected chi connectivity index (χ1v) is 5.93. The summed E-state index contributed by atoms with van der Waals surface area (Å²) in [6, 6.07) is 7.01. The standard InChI is InChI=1S/C12H11BrN2O3/c1-15-10(12(16)17)6-9(14-15)8-5-7(13)3-4-11(8)18-2/h3-6H,1-2H3,(H,16,17). The third kappa shape index (κ3) is 2.24. The van der Waals surface area contributed by atoms with Crippen molar-refractivity contribution in [3.63, 3.8) is 0 Å². The second-order valence-corrected chi connectivity index (χ2v) is 4.60. The molecule has 0 atom stereocenters. The van der Waals surface area contributed by atoms with Gasteiger partial charge >= 0.3 is 5.97 Å². The van der Waals surface area contributed by atoms with Crippen LogP contribution in [-0.2, 0) is 7.05 Å². The van der Waals surface area contributed by atoms with Crippen LogP contribution in [0.4, 0.5) is 0 Å². The number of benzene rings is 1. The van der Waals surface area contributed by atoms with Gasteiger partial charge in [-0.15, -0.1) is 0 Å². The minimum Gasteiger partial charge on any atom is -0.496 e. The maximum atomic E-state index is 11.0. The van der Waals surface area contributed by atoms with Gasteiger partial charge in [-0.3, -0.25) is 4.68 Å². The predicted octanol–water partition coefficient (Wildman–Crippen LogP) is 2.56. The van der Waals surface area contributed by atoms with E-state index in [1.54, 1.807) is 20.2 Å². The van der Waals surface area contributed by atoms with Crippen LogP contribution in [-0.4, -0.2) is 28.0 Å². The Morgan fingerprint density at radius 1 is 1.44 bits per heavy atom. The summed E-state index contributed by atoms with van der Waals surface area (Å²) in [5.41, 5.74) is 1.44. The summed E-state index contributed by atoms with van der Waals surface area (Å²) < 4.78 is 7.45. The highest BCUT2D eigenvalue weighted by atomic mass is 79.9. The van der Waals surface area contributed by atoms with E-state index in [2.05, 4.69) is 21.0 Å². The van der Waals surface area contributed by atoms with Gasteiger partial charge in [0.25, 0.3) is 0 Å². The van der Waals surface area contributed by atoms with Crippen LogP contribution in [0.1, 0.15) is 10.5 Å². The van der Waals surface area contributed by atoms with Gasteiger partial charge in [0.05, 0.1) is 12.8 Å². The Bertz CT molecular complexity index is 607. The van der Waals surface area contributed by atoms with Crippen molar-refractivity contribution in [3.8, 4) is 17.0 Å². The van der Waals surface area contributed by atoms with E-state index >= 15 is 0 Å². The van der Waals surface area contributed by atoms with Crippen molar-refractivity contribution < 1.29 is 14.6 Å². The molecule has 1 N–H and O–H groups in total. The smallest absolute Gasteiger partial charge is 0.354 e. The molecule has 0 bridgehead atoms. The van der Waals surface area contributed by atoms with Crippen LogP contribution in [0.5, 0.6) is 5.75 Å². The molecule has 0 radical (unpaired) electrons. The molecule has 0 saturated heterocycles. The molecule has 6 heteroatoms. The monoisotopic (exact) mass is 310 g/mol. The van der Waals surface area contributed by atoms with Gasteiger partial charge in [0.1, 0.15) is 11.4 Å². The molecule has 0 saturated carbocycles. The minimum atomic E-state index is -1.01. The molecule has 1 aromatic heterocycles. The van der Waals surface area contributed by atoms with Gasteiger partial charge in [0, 0.05) is 17.1 Å². The number of methoxy groups -OCH3 is 1.